The van der Waals surface area contributed by atoms with E-state index in [4.69, 9.17) is 5.26 Å². The molecule has 0 aliphatic carbocycles. The fourth-order valence-corrected chi connectivity index (χ4v) is 1.19. The second-order valence-corrected chi connectivity index (χ2v) is 3.79. The molecule has 0 aliphatic heterocycles. The van der Waals surface area contributed by atoms with Gasteiger partial charge in [-0.1, -0.05) is 12.1 Å². The predicted octanol–water partition coefficient (Wildman–Crippen LogP) is 1.77. The SMILES string of the molecule is CC(C)NC(=O)NCc1ccc(C#N)cc1. The summed E-state index contributed by atoms with van der Waals surface area (Å²) in [6.45, 7) is 4.27. The van der Waals surface area contributed by atoms with Gasteiger partial charge in [0.15, 0.2) is 0 Å². The van der Waals surface area contributed by atoms with E-state index in [1.54, 1.807) is 12.1 Å². The molecule has 2 N–H and O–H groups in total. The number of nitrogens with zero attached hydrogens (tertiary/aromatic N) is 1. The molecule has 0 heterocycles. The largest absolute Gasteiger partial charge is 0.336 e. The maximum absolute atomic E-state index is 11.3. The van der Waals surface area contributed by atoms with E-state index in [1.807, 2.05) is 32.0 Å². The first-order valence-corrected chi connectivity index (χ1v) is 5.15. The van der Waals surface area contributed by atoms with Crippen LogP contribution in [0, 0.1) is 11.3 Å². The average Bonchev–Trinajstić information content (AvgIpc) is 2.26. The molecule has 0 atom stereocenters. The Morgan fingerprint density at radius 3 is 2.50 bits per heavy atom. The fourth-order valence-electron chi connectivity index (χ4n) is 1.19. The summed E-state index contributed by atoms with van der Waals surface area (Å²) < 4.78 is 0. The molecule has 0 unspecified atom stereocenters. The van der Waals surface area contributed by atoms with E-state index in [0.717, 1.165) is 5.56 Å². The highest BCUT2D eigenvalue weighted by atomic mass is 16.2. The van der Waals surface area contributed by atoms with Crippen molar-refractivity contribution in [2.45, 2.75) is 26.4 Å². The molecule has 16 heavy (non-hydrogen) atoms. The zero-order valence-electron chi connectivity index (χ0n) is 9.45. The molecule has 0 radical (unpaired) electrons. The molecule has 1 aromatic carbocycles. The van der Waals surface area contributed by atoms with Crippen LogP contribution in [0.3, 0.4) is 0 Å². The van der Waals surface area contributed by atoms with Gasteiger partial charge in [0.1, 0.15) is 0 Å². The second kappa shape index (κ2) is 5.76. The van der Waals surface area contributed by atoms with Gasteiger partial charge in [-0.2, -0.15) is 5.26 Å². The van der Waals surface area contributed by atoms with Crippen molar-refractivity contribution in [3.8, 4) is 6.07 Å². The van der Waals surface area contributed by atoms with Gasteiger partial charge in [0, 0.05) is 12.6 Å². The van der Waals surface area contributed by atoms with Crippen molar-refractivity contribution >= 4 is 6.03 Å². The van der Waals surface area contributed by atoms with Gasteiger partial charge in [-0.25, -0.2) is 4.79 Å². The highest BCUT2D eigenvalue weighted by Crippen LogP contribution is 2.02. The summed E-state index contributed by atoms with van der Waals surface area (Å²) >= 11 is 0. The van der Waals surface area contributed by atoms with Gasteiger partial charge in [0.2, 0.25) is 0 Å². The van der Waals surface area contributed by atoms with Crippen LogP contribution >= 0.6 is 0 Å². The average molecular weight is 217 g/mol. The van der Waals surface area contributed by atoms with Gasteiger partial charge in [0.05, 0.1) is 11.6 Å². The molecule has 2 amide bonds. The van der Waals surface area contributed by atoms with Crippen LogP contribution in [0.4, 0.5) is 4.79 Å². The summed E-state index contributed by atoms with van der Waals surface area (Å²) in [5.74, 6) is 0. The maximum atomic E-state index is 11.3. The Bertz CT molecular complexity index is 390. The Kier molecular flexibility index (Phi) is 4.34. The summed E-state index contributed by atoms with van der Waals surface area (Å²) in [6.07, 6.45) is 0. The Morgan fingerprint density at radius 2 is 2.00 bits per heavy atom. The Hall–Kier alpha value is -2.02. The lowest BCUT2D eigenvalue weighted by Crippen LogP contribution is -2.39. The minimum atomic E-state index is -0.181. The lowest BCUT2D eigenvalue weighted by atomic mass is 10.1. The lowest BCUT2D eigenvalue weighted by Gasteiger charge is -2.09. The topological polar surface area (TPSA) is 64.9 Å². The minimum Gasteiger partial charge on any atom is -0.336 e. The van der Waals surface area contributed by atoms with Gasteiger partial charge in [0.25, 0.3) is 0 Å². The Balaban J connectivity index is 2.43. The lowest BCUT2D eigenvalue weighted by molar-refractivity contribution is 0.238. The first kappa shape index (κ1) is 12.1. The number of carbonyl (C=O) groups excluding carboxylic acids is 1. The Morgan fingerprint density at radius 1 is 1.38 bits per heavy atom. The molecule has 1 rings (SSSR count). The van der Waals surface area contributed by atoms with E-state index in [0.29, 0.717) is 12.1 Å². The number of hydrogen-bond donors (Lipinski definition) is 2. The summed E-state index contributed by atoms with van der Waals surface area (Å²) in [5.41, 5.74) is 1.59. The van der Waals surface area contributed by atoms with E-state index in [9.17, 15) is 4.79 Å². The third kappa shape index (κ3) is 4.01. The molecule has 0 aliphatic rings. The van der Waals surface area contributed by atoms with Crippen molar-refractivity contribution in [3.63, 3.8) is 0 Å². The van der Waals surface area contributed by atoms with Crippen LogP contribution in [0.1, 0.15) is 25.0 Å². The number of rotatable bonds is 3. The van der Waals surface area contributed by atoms with Crippen LogP contribution in [0.5, 0.6) is 0 Å². The molecule has 0 saturated heterocycles. The molecule has 4 nitrogen and oxygen atoms in total. The summed E-state index contributed by atoms with van der Waals surface area (Å²) in [6, 6.07) is 9.11. The quantitative estimate of drug-likeness (QED) is 0.810. The number of hydrogen-bond acceptors (Lipinski definition) is 2. The first-order chi connectivity index (χ1) is 7.61. The standard InChI is InChI=1S/C12H15N3O/c1-9(2)15-12(16)14-8-11-5-3-10(7-13)4-6-11/h3-6,9H,8H2,1-2H3,(H2,14,15,16). The van der Waals surface area contributed by atoms with Crippen LogP contribution in [0.2, 0.25) is 0 Å². The number of amides is 2. The monoisotopic (exact) mass is 217 g/mol. The smallest absolute Gasteiger partial charge is 0.315 e. The molecular formula is C12H15N3O. The fraction of sp³-hybridized carbons (Fsp3) is 0.333. The van der Waals surface area contributed by atoms with E-state index >= 15 is 0 Å². The molecule has 84 valence electrons. The van der Waals surface area contributed by atoms with Crippen molar-refractivity contribution in [1.82, 2.24) is 10.6 Å². The van der Waals surface area contributed by atoms with E-state index in [-0.39, 0.29) is 12.1 Å². The van der Waals surface area contributed by atoms with Crippen molar-refractivity contribution in [2.75, 3.05) is 0 Å². The van der Waals surface area contributed by atoms with E-state index in [2.05, 4.69) is 10.6 Å². The van der Waals surface area contributed by atoms with Crippen molar-refractivity contribution < 1.29 is 4.79 Å². The summed E-state index contributed by atoms with van der Waals surface area (Å²) in [7, 11) is 0. The number of urea groups is 1. The molecule has 0 saturated carbocycles. The molecule has 0 spiro atoms. The molecule has 0 fully saturated rings. The van der Waals surface area contributed by atoms with Crippen LogP contribution in [-0.2, 0) is 6.54 Å². The van der Waals surface area contributed by atoms with Crippen molar-refractivity contribution in [1.29, 1.82) is 5.26 Å². The third-order valence-electron chi connectivity index (χ3n) is 1.96. The zero-order valence-corrected chi connectivity index (χ0v) is 9.45. The number of carbonyl (C=O) groups is 1. The number of nitriles is 1. The maximum Gasteiger partial charge on any atom is 0.315 e. The molecule has 0 bridgehead atoms. The Labute approximate surface area is 95.3 Å². The molecule has 4 heteroatoms. The molecular weight excluding hydrogens is 202 g/mol. The molecule has 1 aromatic rings. The van der Waals surface area contributed by atoms with Gasteiger partial charge in [-0.3, -0.25) is 0 Å². The first-order valence-electron chi connectivity index (χ1n) is 5.15. The highest BCUT2D eigenvalue weighted by molar-refractivity contribution is 5.74. The number of nitrogens with one attached hydrogen (secondary N) is 2. The van der Waals surface area contributed by atoms with Gasteiger partial charge in [-0.15, -0.1) is 0 Å². The predicted molar refractivity (Wildman–Crippen MR) is 61.7 cm³/mol. The van der Waals surface area contributed by atoms with Crippen LogP contribution in [-0.4, -0.2) is 12.1 Å². The van der Waals surface area contributed by atoms with Crippen LogP contribution < -0.4 is 10.6 Å². The van der Waals surface area contributed by atoms with Gasteiger partial charge >= 0.3 is 6.03 Å². The third-order valence-corrected chi connectivity index (χ3v) is 1.96. The van der Waals surface area contributed by atoms with Crippen molar-refractivity contribution in [2.24, 2.45) is 0 Å². The van der Waals surface area contributed by atoms with E-state index in [1.165, 1.54) is 0 Å². The van der Waals surface area contributed by atoms with Crippen LogP contribution in [0.25, 0.3) is 0 Å². The van der Waals surface area contributed by atoms with Crippen molar-refractivity contribution in [3.05, 3.63) is 35.4 Å². The van der Waals surface area contributed by atoms with Gasteiger partial charge in [-0.05, 0) is 31.5 Å². The minimum absolute atomic E-state index is 0.126. The number of benzene rings is 1. The highest BCUT2D eigenvalue weighted by Gasteiger charge is 2.01. The zero-order chi connectivity index (χ0) is 12.0. The van der Waals surface area contributed by atoms with E-state index < -0.39 is 0 Å². The van der Waals surface area contributed by atoms with Gasteiger partial charge < -0.3 is 10.6 Å². The summed E-state index contributed by atoms with van der Waals surface area (Å²) in [4.78, 5) is 11.3. The second-order valence-electron chi connectivity index (χ2n) is 3.79. The normalized spacial score (nSPS) is 9.62. The summed E-state index contributed by atoms with van der Waals surface area (Å²) in [5, 5.41) is 14.1. The van der Waals surface area contributed by atoms with Crippen LogP contribution in [0.15, 0.2) is 24.3 Å². The molecule has 0 aromatic heterocycles.